The van der Waals surface area contributed by atoms with E-state index in [1.54, 1.807) is 6.07 Å². The molecule has 0 saturated carbocycles. The minimum Gasteiger partial charge on any atom is -0.384 e. The predicted molar refractivity (Wildman–Crippen MR) is 108 cm³/mol. The number of imidazole rings is 1. The van der Waals surface area contributed by atoms with Gasteiger partial charge >= 0.3 is 6.18 Å². The summed E-state index contributed by atoms with van der Waals surface area (Å²) in [5, 5.41) is 11.9. The molecule has 2 aromatic carbocycles. The smallest absolute Gasteiger partial charge is 0.384 e. The van der Waals surface area contributed by atoms with Crippen molar-refractivity contribution in [3.05, 3.63) is 66.4 Å². The lowest BCUT2D eigenvalue weighted by Crippen LogP contribution is -2.10. The number of nitrogens with one attached hydrogen (secondary N) is 2. The van der Waals surface area contributed by atoms with Gasteiger partial charge in [-0.3, -0.25) is 4.40 Å². The molecule has 0 aliphatic rings. The number of halogens is 3. The fourth-order valence-electron chi connectivity index (χ4n) is 3.66. The van der Waals surface area contributed by atoms with Crippen LogP contribution in [0.4, 0.5) is 18.9 Å². The van der Waals surface area contributed by atoms with Gasteiger partial charge in [0.25, 0.3) is 0 Å². The van der Waals surface area contributed by atoms with Gasteiger partial charge in [0.1, 0.15) is 5.82 Å². The molecule has 6 nitrogen and oxygen atoms in total. The maximum atomic E-state index is 13.2. The molecule has 0 unspecified atom stereocenters. The van der Waals surface area contributed by atoms with Crippen LogP contribution >= 0.6 is 0 Å². The lowest BCUT2D eigenvalue weighted by molar-refractivity contribution is -0.145. The van der Waals surface area contributed by atoms with Crippen LogP contribution in [0.5, 0.6) is 0 Å². The number of pyridine rings is 1. The Morgan fingerprint density at radius 1 is 1.00 bits per heavy atom. The number of H-pyrrole nitrogens is 1. The number of hydrogen-bond acceptors (Lipinski definition) is 4. The normalized spacial score (nSPS) is 12.2. The van der Waals surface area contributed by atoms with E-state index in [1.807, 2.05) is 42.5 Å². The highest BCUT2D eigenvalue weighted by Gasteiger charge is 2.37. The summed E-state index contributed by atoms with van der Waals surface area (Å²) in [6.07, 6.45) is -1.65. The third kappa shape index (κ3) is 3.22. The number of anilines is 1. The van der Waals surface area contributed by atoms with Crippen LogP contribution in [0, 0.1) is 0 Å². The number of hydrogen-bond donors (Lipinski definition) is 2. The first kappa shape index (κ1) is 18.4. The van der Waals surface area contributed by atoms with E-state index >= 15 is 0 Å². The fourth-order valence-corrected chi connectivity index (χ4v) is 3.66. The monoisotopic (exact) mass is 410 g/mol. The molecule has 30 heavy (non-hydrogen) atoms. The molecular weight excluding hydrogens is 393 g/mol. The number of benzene rings is 2. The van der Waals surface area contributed by atoms with Crippen LogP contribution in [0.25, 0.3) is 27.5 Å². The summed E-state index contributed by atoms with van der Waals surface area (Å²) < 4.78 is 40.6. The summed E-state index contributed by atoms with van der Waals surface area (Å²) in [5.41, 5.74) is 2.84. The number of aromatic nitrogens is 5. The number of rotatable bonds is 5. The fraction of sp³-hybridized carbons (Fsp3) is 0.190. The van der Waals surface area contributed by atoms with Crippen molar-refractivity contribution in [1.82, 2.24) is 24.6 Å². The van der Waals surface area contributed by atoms with E-state index in [1.165, 1.54) is 6.20 Å². The highest BCUT2D eigenvalue weighted by atomic mass is 19.4. The van der Waals surface area contributed by atoms with E-state index < -0.39 is 12.0 Å². The van der Waals surface area contributed by atoms with Gasteiger partial charge in [0.15, 0.2) is 5.65 Å². The average molecular weight is 410 g/mol. The zero-order chi connectivity index (χ0) is 20.7. The summed E-state index contributed by atoms with van der Waals surface area (Å²) >= 11 is 0. The number of aromatic amines is 1. The van der Waals surface area contributed by atoms with E-state index in [4.69, 9.17) is 0 Å². The van der Waals surface area contributed by atoms with Gasteiger partial charge in [0, 0.05) is 24.8 Å². The van der Waals surface area contributed by atoms with Crippen molar-refractivity contribution < 1.29 is 13.2 Å². The Balaban J connectivity index is 1.38. The summed E-state index contributed by atoms with van der Waals surface area (Å²) in [5.74, 6) is -0.121. The minimum absolute atomic E-state index is 0.181. The van der Waals surface area contributed by atoms with E-state index in [2.05, 4.69) is 25.5 Å². The Hall–Kier alpha value is -3.62. The summed E-state index contributed by atoms with van der Waals surface area (Å²) in [7, 11) is 0. The molecule has 3 heterocycles. The molecule has 0 atom stereocenters. The second kappa shape index (κ2) is 7.01. The zero-order valence-electron chi connectivity index (χ0n) is 15.7. The number of aryl methyl sites for hydroxylation is 1. The number of alkyl halides is 3. The minimum atomic E-state index is -4.57. The summed E-state index contributed by atoms with van der Waals surface area (Å²) in [4.78, 5) is 7.86. The van der Waals surface area contributed by atoms with Gasteiger partial charge < -0.3 is 10.3 Å². The SMILES string of the molecule is FC(F)(F)c1nnc2c3c(NCCCc4nc5ccccc5[nH]4)cccc3ccn12. The van der Waals surface area contributed by atoms with Gasteiger partial charge in [-0.25, -0.2) is 4.98 Å². The van der Waals surface area contributed by atoms with Gasteiger partial charge in [-0.15, -0.1) is 10.2 Å². The summed E-state index contributed by atoms with van der Waals surface area (Å²) in [6, 6.07) is 15.0. The molecule has 0 aliphatic carbocycles. The molecule has 0 fully saturated rings. The highest BCUT2D eigenvalue weighted by Crippen LogP contribution is 2.32. The van der Waals surface area contributed by atoms with Gasteiger partial charge in [-0.1, -0.05) is 24.3 Å². The van der Waals surface area contributed by atoms with Crippen molar-refractivity contribution in [2.24, 2.45) is 0 Å². The van der Waals surface area contributed by atoms with Crippen LogP contribution < -0.4 is 5.32 Å². The molecule has 5 aromatic rings. The van der Waals surface area contributed by atoms with E-state index in [0.29, 0.717) is 11.9 Å². The van der Waals surface area contributed by atoms with Crippen LogP contribution in [-0.4, -0.2) is 31.1 Å². The van der Waals surface area contributed by atoms with Crippen molar-refractivity contribution in [3.63, 3.8) is 0 Å². The van der Waals surface area contributed by atoms with Crippen molar-refractivity contribution >= 4 is 33.1 Å². The molecule has 9 heteroatoms. The molecule has 2 N–H and O–H groups in total. The van der Waals surface area contributed by atoms with Gasteiger partial charge in [0.05, 0.1) is 16.4 Å². The van der Waals surface area contributed by atoms with Crippen molar-refractivity contribution in [3.8, 4) is 0 Å². The molecule has 152 valence electrons. The van der Waals surface area contributed by atoms with Crippen LogP contribution in [0.15, 0.2) is 54.7 Å². The predicted octanol–water partition coefficient (Wildman–Crippen LogP) is 4.82. The van der Waals surface area contributed by atoms with Crippen molar-refractivity contribution in [2.75, 3.05) is 11.9 Å². The molecule has 3 aromatic heterocycles. The van der Waals surface area contributed by atoms with E-state index in [0.717, 1.165) is 45.2 Å². The van der Waals surface area contributed by atoms with Gasteiger partial charge in [-0.05, 0) is 36.1 Å². The molecule has 0 aliphatic heterocycles. The molecule has 0 spiro atoms. The average Bonchev–Trinajstić information content (AvgIpc) is 3.34. The molecular formula is C21H17F3N6. The lowest BCUT2D eigenvalue weighted by atomic mass is 10.1. The quantitative estimate of drug-likeness (QED) is 0.408. The summed E-state index contributed by atoms with van der Waals surface area (Å²) in [6.45, 7) is 0.636. The molecule has 5 rings (SSSR count). The zero-order valence-corrected chi connectivity index (χ0v) is 15.7. The van der Waals surface area contributed by atoms with Crippen LogP contribution in [0.2, 0.25) is 0 Å². The van der Waals surface area contributed by atoms with Crippen LogP contribution in [-0.2, 0) is 12.6 Å². The standard InChI is InChI=1S/C21H17F3N6/c22-21(23,24)20-29-28-19-18-13(10-12-30(19)20)5-3-8-16(18)25-11-4-9-17-26-14-6-1-2-7-15(14)27-17/h1-3,5-8,10,12,25H,4,9,11H2,(H,26,27). The molecule has 0 bridgehead atoms. The highest BCUT2D eigenvalue weighted by molar-refractivity contribution is 6.03. The number of nitrogens with zero attached hydrogens (tertiary/aromatic N) is 4. The van der Waals surface area contributed by atoms with Crippen LogP contribution in [0.1, 0.15) is 18.1 Å². The Morgan fingerprint density at radius 2 is 1.87 bits per heavy atom. The van der Waals surface area contributed by atoms with E-state index in [-0.39, 0.29) is 5.65 Å². The topological polar surface area (TPSA) is 70.9 Å². The van der Waals surface area contributed by atoms with Gasteiger partial charge in [0.2, 0.25) is 5.82 Å². The Labute approximate surface area is 168 Å². The van der Waals surface area contributed by atoms with E-state index in [9.17, 15) is 13.2 Å². The lowest BCUT2D eigenvalue weighted by Gasteiger charge is -2.11. The third-order valence-electron chi connectivity index (χ3n) is 5.02. The Bertz CT molecular complexity index is 1320. The Morgan fingerprint density at radius 3 is 2.70 bits per heavy atom. The maximum Gasteiger partial charge on any atom is 0.452 e. The largest absolute Gasteiger partial charge is 0.452 e. The Kier molecular flexibility index (Phi) is 4.30. The number of fused-ring (bicyclic) bond motifs is 4. The molecule has 0 saturated heterocycles. The number of para-hydroxylation sites is 2. The second-order valence-electron chi connectivity index (χ2n) is 7.03. The van der Waals surface area contributed by atoms with Crippen molar-refractivity contribution in [2.45, 2.75) is 19.0 Å². The molecule has 0 radical (unpaired) electrons. The van der Waals surface area contributed by atoms with Crippen molar-refractivity contribution in [1.29, 1.82) is 0 Å². The second-order valence-corrected chi connectivity index (χ2v) is 7.03. The first-order valence-electron chi connectivity index (χ1n) is 9.52. The first-order valence-corrected chi connectivity index (χ1v) is 9.52. The third-order valence-corrected chi connectivity index (χ3v) is 5.02. The first-order chi connectivity index (χ1) is 14.5. The van der Waals surface area contributed by atoms with Gasteiger partial charge in [-0.2, -0.15) is 13.2 Å². The van der Waals surface area contributed by atoms with Crippen LogP contribution in [0.3, 0.4) is 0 Å². The maximum absolute atomic E-state index is 13.2. The molecule has 0 amide bonds.